The normalized spacial score (nSPS) is 26.0. The highest BCUT2D eigenvalue weighted by Gasteiger charge is 2.59. The van der Waals surface area contributed by atoms with Crippen LogP contribution in [0, 0.1) is 46.3 Å². The van der Waals surface area contributed by atoms with Crippen LogP contribution in [0.4, 0.5) is 0 Å². The third kappa shape index (κ3) is 24.9. The van der Waals surface area contributed by atoms with Gasteiger partial charge in [-0.3, -0.25) is 0 Å². The molecule has 0 aromatic rings. The van der Waals surface area contributed by atoms with Gasteiger partial charge >= 0.3 is 0 Å². The predicted molar refractivity (Wildman–Crippen MR) is 300 cm³/mol. The van der Waals surface area contributed by atoms with Gasteiger partial charge < -0.3 is 26.6 Å². The molecule has 2 nitrogen and oxygen atoms in total. The Balaban J connectivity index is 0.000000480. The van der Waals surface area contributed by atoms with Crippen molar-refractivity contribution in [2.45, 2.75) is 331 Å². The maximum atomic E-state index is 10.2. The SMILES string of the molecule is CC(C)CCCC(C)[C@H]1CC[C@H]2[C@@H]3CC=C4C[C@@H](O)CC[C@]4(C)[C@H]3CC[C@]12C.CCCCCCCCCCCCCCCCCC[N+](C)(C)CCCCCCCCCCCCCCCCCC.[Br-]. The van der Waals surface area contributed by atoms with Crippen LogP contribution in [0.25, 0.3) is 0 Å². The van der Waals surface area contributed by atoms with Crippen LogP contribution in [0.15, 0.2) is 11.6 Å². The fraction of sp³-hybridized carbons (Fsp3) is 0.969. The number of nitrogens with zero attached hydrogens (tertiary/aromatic N) is 1. The molecule has 1 N–H and O–H groups in total. The van der Waals surface area contributed by atoms with E-state index in [1.165, 1.54) is 281 Å². The molecule has 4 aliphatic carbocycles. The van der Waals surface area contributed by atoms with E-state index >= 15 is 0 Å². The quantitative estimate of drug-likeness (QED) is 0.0370. The first-order valence-corrected chi connectivity index (χ1v) is 31.6. The van der Waals surface area contributed by atoms with E-state index in [9.17, 15) is 5.11 Å². The lowest BCUT2D eigenvalue weighted by atomic mass is 9.47. The molecule has 3 fully saturated rings. The van der Waals surface area contributed by atoms with Crippen molar-refractivity contribution < 1.29 is 26.6 Å². The van der Waals surface area contributed by atoms with Crippen molar-refractivity contribution >= 4 is 0 Å². The fourth-order valence-electron chi connectivity index (χ4n) is 15.0. The van der Waals surface area contributed by atoms with E-state index in [0.717, 1.165) is 48.3 Å². The van der Waals surface area contributed by atoms with Crippen LogP contribution in [0.3, 0.4) is 0 Å². The summed E-state index contributed by atoms with van der Waals surface area (Å²) in [6, 6.07) is 0. The van der Waals surface area contributed by atoms with Crippen LogP contribution < -0.4 is 17.0 Å². The van der Waals surface area contributed by atoms with Crippen molar-refractivity contribution in [2.75, 3.05) is 27.2 Å². The number of allylic oxidation sites excluding steroid dienone is 1. The lowest BCUT2D eigenvalue weighted by Gasteiger charge is -2.58. The number of quaternary nitrogens is 1. The summed E-state index contributed by atoms with van der Waals surface area (Å²) in [6.07, 6.45) is 64.1. The van der Waals surface area contributed by atoms with Crippen LogP contribution in [0.2, 0.25) is 0 Å². The predicted octanol–water partition coefficient (Wildman–Crippen LogP) is 18.0. The summed E-state index contributed by atoms with van der Waals surface area (Å²) in [4.78, 5) is 0. The molecular formula is C65H126BrNO. The molecule has 3 saturated carbocycles. The minimum atomic E-state index is -0.0766. The molecule has 404 valence electrons. The minimum Gasteiger partial charge on any atom is -1.00 e. The second kappa shape index (κ2) is 37.8. The molecule has 8 atom stereocenters. The Morgan fingerprint density at radius 2 is 0.926 bits per heavy atom. The van der Waals surface area contributed by atoms with E-state index in [2.05, 4.69) is 68.6 Å². The average molecular weight is 1020 g/mol. The van der Waals surface area contributed by atoms with Gasteiger partial charge in [-0.15, -0.1) is 0 Å². The molecule has 3 heteroatoms. The fourth-order valence-corrected chi connectivity index (χ4v) is 15.0. The molecule has 0 aromatic carbocycles. The molecule has 4 aliphatic rings. The van der Waals surface area contributed by atoms with Gasteiger partial charge in [-0.05, 0) is 123 Å². The standard InChI is InChI=1S/C38H80N.C27H46O.BrH/c1-5-7-9-11-13-15-17-19-21-23-25-27-29-31-33-35-37-39(3,4)38-36-34-32-30-28-26-24-22-20-18-16-14-12-10-8-6-2;1-18(2)7-6-8-19(3)23-11-12-24-22-10-9-20-17-21(28)13-15-26(20,4)25(22)14-16-27(23,24)5;/h5-38H2,1-4H3;9,18-19,21-25,28H,6-8,10-17H2,1-5H3;1H/q+1;;/p-1/t;19?,21-,22-,23+,24-,25-,26-,27+;/m.0./s1. The van der Waals surface area contributed by atoms with Crippen molar-refractivity contribution in [3.8, 4) is 0 Å². The van der Waals surface area contributed by atoms with Gasteiger partial charge in [0, 0.05) is 0 Å². The van der Waals surface area contributed by atoms with E-state index in [0.29, 0.717) is 10.8 Å². The van der Waals surface area contributed by atoms with Gasteiger partial charge in [0.15, 0.2) is 0 Å². The molecule has 1 unspecified atom stereocenters. The molecule has 68 heavy (non-hydrogen) atoms. The number of hydrogen-bond donors (Lipinski definition) is 1. The minimum absolute atomic E-state index is 0. The first-order valence-electron chi connectivity index (χ1n) is 31.6. The van der Waals surface area contributed by atoms with E-state index in [1.54, 1.807) is 5.57 Å². The highest BCUT2D eigenvalue weighted by atomic mass is 79.9. The third-order valence-corrected chi connectivity index (χ3v) is 19.5. The number of unbranched alkanes of at least 4 members (excludes halogenated alkanes) is 30. The van der Waals surface area contributed by atoms with Gasteiger partial charge in [0.05, 0.1) is 33.3 Å². The Kier molecular flexibility index (Phi) is 35.7. The summed E-state index contributed by atoms with van der Waals surface area (Å²) < 4.78 is 1.25. The molecule has 0 aliphatic heterocycles. The number of rotatable bonds is 39. The van der Waals surface area contributed by atoms with Crippen LogP contribution in [0.1, 0.15) is 325 Å². The highest BCUT2D eigenvalue weighted by Crippen LogP contribution is 2.67. The third-order valence-electron chi connectivity index (χ3n) is 19.5. The summed E-state index contributed by atoms with van der Waals surface area (Å²) in [7, 11) is 4.94. The summed E-state index contributed by atoms with van der Waals surface area (Å²) in [6.45, 7) is 20.0. The summed E-state index contributed by atoms with van der Waals surface area (Å²) in [5, 5.41) is 10.2. The Hall–Kier alpha value is 0.140. The zero-order valence-electron chi connectivity index (χ0n) is 48.2. The van der Waals surface area contributed by atoms with Gasteiger partial charge in [0.2, 0.25) is 0 Å². The van der Waals surface area contributed by atoms with Crippen molar-refractivity contribution in [3.05, 3.63) is 11.6 Å². The first kappa shape index (κ1) is 64.3. The van der Waals surface area contributed by atoms with Crippen molar-refractivity contribution in [1.82, 2.24) is 0 Å². The largest absolute Gasteiger partial charge is 1.00 e. The zero-order chi connectivity index (χ0) is 48.6. The van der Waals surface area contributed by atoms with Crippen molar-refractivity contribution in [3.63, 3.8) is 0 Å². The Morgan fingerprint density at radius 3 is 1.34 bits per heavy atom. The van der Waals surface area contributed by atoms with Gasteiger partial charge in [0.1, 0.15) is 0 Å². The molecule has 0 bridgehead atoms. The van der Waals surface area contributed by atoms with Crippen LogP contribution in [0.5, 0.6) is 0 Å². The molecule has 0 heterocycles. The molecule has 0 saturated heterocycles. The number of hydrogen-bond acceptors (Lipinski definition) is 1. The first-order chi connectivity index (χ1) is 32.4. The average Bonchev–Trinajstić information content (AvgIpc) is 3.66. The Labute approximate surface area is 440 Å². The van der Waals surface area contributed by atoms with Crippen molar-refractivity contribution in [1.29, 1.82) is 0 Å². The summed E-state index contributed by atoms with van der Waals surface area (Å²) in [5.74, 6) is 5.46. The lowest BCUT2D eigenvalue weighted by Crippen LogP contribution is -3.00. The number of aliphatic hydroxyl groups excluding tert-OH is 1. The molecule has 4 rings (SSSR count). The smallest absolute Gasteiger partial charge is 0.0782 e. The van der Waals surface area contributed by atoms with E-state index in [4.69, 9.17) is 0 Å². The maximum absolute atomic E-state index is 10.2. The van der Waals surface area contributed by atoms with Gasteiger partial charge in [-0.2, -0.15) is 0 Å². The van der Waals surface area contributed by atoms with Crippen LogP contribution in [-0.4, -0.2) is 42.9 Å². The Morgan fingerprint density at radius 1 is 0.515 bits per heavy atom. The van der Waals surface area contributed by atoms with E-state index in [1.807, 2.05) is 0 Å². The number of halogens is 1. The Bertz CT molecular complexity index is 1170. The van der Waals surface area contributed by atoms with E-state index < -0.39 is 0 Å². The highest BCUT2D eigenvalue weighted by molar-refractivity contribution is 5.25. The molecule has 0 amide bonds. The van der Waals surface area contributed by atoms with Crippen molar-refractivity contribution in [2.24, 2.45) is 46.3 Å². The van der Waals surface area contributed by atoms with Gasteiger partial charge in [-0.1, -0.05) is 259 Å². The monoisotopic (exact) mass is 1020 g/mol. The second-order valence-electron chi connectivity index (χ2n) is 26.2. The second-order valence-corrected chi connectivity index (χ2v) is 26.2. The lowest BCUT2D eigenvalue weighted by molar-refractivity contribution is -0.890. The zero-order valence-corrected chi connectivity index (χ0v) is 49.8. The number of fused-ring (bicyclic) bond motifs is 5. The summed E-state index contributed by atoms with van der Waals surface area (Å²) >= 11 is 0. The molecule has 0 aromatic heterocycles. The topological polar surface area (TPSA) is 20.2 Å². The molecular weight excluding hydrogens is 891 g/mol. The molecule has 0 radical (unpaired) electrons. The summed E-state index contributed by atoms with van der Waals surface area (Å²) in [5.41, 5.74) is 2.60. The van der Waals surface area contributed by atoms with Crippen LogP contribution in [-0.2, 0) is 0 Å². The van der Waals surface area contributed by atoms with Gasteiger partial charge in [0.25, 0.3) is 0 Å². The van der Waals surface area contributed by atoms with E-state index in [-0.39, 0.29) is 23.1 Å². The van der Waals surface area contributed by atoms with Gasteiger partial charge in [-0.25, -0.2) is 0 Å². The van der Waals surface area contributed by atoms with Crippen LogP contribution >= 0.6 is 0 Å². The number of aliphatic hydroxyl groups is 1. The molecule has 0 spiro atoms. The maximum Gasteiger partial charge on any atom is 0.0782 e.